The van der Waals surface area contributed by atoms with Crippen molar-refractivity contribution < 1.29 is 19.3 Å². The minimum Gasteiger partial charge on any atom is -0.509 e. The highest BCUT2D eigenvalue weighted by molar-refractivity contribution is 7.11. The van der Waals surface area contributed by atoms with Crippen LogP contribution in [0.15, 0.2) is 58.7 Å². The van der Waals surface area contributed by atoms with Crippen molar-refractivity contribution in [2.45, 2.75) is 0 Å². The van der Waals surface area contributed by atoms with Gasteiger partial charge in [0.15, 0.2) is 17.3 Å². The Morgan fingerprint density at radius 1 is 1.06 bits per heavy atom. The molecule has 2 aromatic carbocycles. The van der Waals surface area contributed by atoms with Crippen molar-refractivity contribution >= 4 is 29.0 Å². The van der Waals surface area contributed by atoms with Gasteiger partial charge in [0.2, 0.25) is 5.75 Å². The third-order valence-electron chi connectivity index (χ3n) is 4.94. The molecule has 8 nitrogen and oxygen atoms in total. The van der Waals surface area contributed by atoms with E-state index in [9.17, 15) is 5.11 Å². The van der Waals surface area contributed by atoms with Gasteiger partial charge in [0, 0.05) is 16.5 Å². The van der Waals surface area contributed by atoms with Crippen LogP contribution in [0, 0.1) is 5.41 Å². The molecule has 0 saturated heterocycles. The average molecular weight is 451 g/mol. The van der Waals surface area contributed by atoms with Gasteiger partial charge in [-0.25, -0.2) is 9.99 Å². The number of aromatic nitrogens is 1. The summed E-state index contributed by atoms with van der Waals surface area (Å²) in [5.41, 5.74) is 2.81. The summed E-state index contributed by atoms with van der Waals surface area (Å²) in [5.74, 6) is 1.59. The SMILES string of the molecule is COc1ccc(/C=N/N2CC(O)=C(c3nc(-c4ccccc4)cs3)C2=N)c(OC)c1OC. The largest absolute Gasteiger partial charge is 0.509 e. The Bertz CT molecular complexity index is 1200. The lowest BCUT2D eigenvalue weighted by Crippen LogP contribution is -2.20. The third kappa shape index (κ3) is 3.90. The van der Waals surface area contributed by atoms with Crippen molar-refractivity contribution in [2.75, 3.05) is 27.9 Å². The van der Waals surface area contributed by atoms with Crippen LogP contribution >= 0.6 is 11.3 Å². The van der Waals surface area contributed by atoms with E-state index in [2.05, 4.69) is 10.1 Å². The van der Waals surface area contributed by atoms with Gasteiger partial charge in [0.25, 0.3) is 0 Å². The molecule has 4 rings (SSSR count). The van der Waals surface area contributed by atoms with Crippen LogP contribution in [0.3, 0.4) is 0 Å². The number of benzene rings is 2. The first-order chi connectivity index (χ1) is 15.6. The van der Waals surface area contributed by atoms with E-state index in [4.69, 9.17) is 19.6 Å². The zero-order chi connectivity index (χ0) is 22.7. The zero-order valence-electron chi connectivity index (χ0n) is 17.8. The summed E-state index contributed by atoms with van der Waals surface area (Å²) in [4.78, 5) is 4.62. The van der Waals surface area contributed by atoms with Crippen LogP contribution in [0.2, 0.25) is 0 Å². The Kier molecular flexibility index (Phi) is 6.09. The van der Waals surface area contributed by atoms with Crippen LogP contribution in [-0.2, 0) is 0 Å². The van der Waals surface area contributed by atoms with E-state index in [1.54, 1.807) is 25.5 Å². The quantitative estimate of drug-likeness (QED) is 0.517. The van der Waals surface area contributed by atoms with Gasteiger partial charge < -0.3 is 19.3 Å². The number of methoxy groups -OCH3 is 3. The van der Waals surface area contributed by atoms with Crippen LogP contribution in [0.5, 0.6) is 17.2 Å². The summed E-state index contributed by atoms with van der Waals surface area (Å²) in [6, 6.07) is 13.3. The van der Waals surface area contributed by atoms with Gasteiger partial charge in [-0.15, -0.1) is 11.3 Å². The van der Waals surface area contributed by atoms with Crippen molar-refractivity contribution in [3.8, 4) is 28.5 Å². The van der Waals surface area contributed by atoms with Crippen molar-refractivity contribution in [2.24, 2.45) is 5.10 Å². The lowest BCUT2D eigenvalue weighted by atomic mass is 10.2. The van der Waals surface area contributed by atoms with Gasteiger partial charge in [0.05, 0.1) is 38.8 Å². The highest BCUT2D eigenvalue weighted by atomic mass is 32.1. The van der Waals surface area contributed by atoms with Crippen LogP contribution in [-0.4, -0.2) is 55.0 Å². The van der Waals surface area contributed by atoms with E-state index in [1.165, 1.54) is 30.6 Å². The molecule has 2 N–H and O–H groups in total. The van der Waals surface area contributed by atoms with E-state index < -0.39 is 0 Å². The molecule has 0 spiro atoms. The monoisotopic (exact) mass is 450 g/mol. The zero-order valence-corrected chi connectivity index (χ0v) is 18.6. The maximum absolute atomic E-state index is 10.5. The number of aliphatic hydroxyl groups excluding tert-OH is 1. The van der Waals surface area contributed by atoms with E-state index in [0.717, 1.165) is 11.3 Å². The summed E-state index contributed by atoms with van der Waals surface area (Å²) in [6.07, 6.45) is 1.56. The number of hydrogen-bond acceptors (Lipinski definition) is 8. The standard InChI is InChI=1S/C23H22N4O4S/c1-29-18-10-9-15(20(30-2)21(18)31-3)11-25-27-12-17(28)19(22(27)24)23-26-16(13-32-23)14-7-5-4-6-8-14/h4-11,13,24,28H,12H2,1-3H3/b24-22?,25-11+. The molecule has 0 bridgehead atoms. The number of nitrogens with one attached hydrogen (secondary N) is 1. The molecule has 1 aliphatic rings. The van der Waals surface area contributed by atoms with Gasteiger partial charge in [-0.1, -0.05) is 30.3 Å². The van der Waals surface area contributed by atoms with E-state index >= 15 is 0 Å². The van der Waals surface area contributed by atoms with Gasteiger partial charge in [-0.05, 0) is 12.1 Å². The molecular formula is C23H22N4O4S. The van der Waals surface area contributed by atoms with E-state index in [0.29, 0.717) is 33.4 Å². The first-order valence-corrected chi connectivity index (χ1v) is 10.6. The summed E-state index contributed by atoms with van der Waals surface area (Å²) in [6.45, 7) is 0.0839. The molecule has 1 aromatic heterocycles. The van der Waals surface area contributed by atoms with Crippen molar-refractivity contribution in [3.63, 3.8) is 0 Å². The topological polar surface area (TPSA) is 100 Å². The molecule has 9 heteroatoms. The second-order valence-electron chi connectivity index (χ2n) is 6.80. The number of hydrazone groups is 1. The molecule has 0 radical (unpaired) electrons. The van der Waals surface area contributed by atoms with Gasteiger partial charge in [-0.2, -0.15) is 5.10 Å². The average Bonchev–Trinajstić information content (AvgIpc) is 3.41. The Hall–Kier alpha value is -3.85. The first kappa shape index (κ1) is 21.4. The maximum atomic E-state index is 10.5. The molecule has 1 aliphatic heterocycles. The third-order valence-corrected chi connectivity index (χ3v) is 5.80. The second kappa shape index (κ2) is 9.11. The number of rotatable bonds is 7. The first-order valence-electron chi connectivity index (χ1n) is 9.70. The minimum absolute atomic E-state index is 0.0559. The molecule has 32 heavy (non-hydrogen) atoms. The Morgan fingerprint density at radius 3 is 2.50 bits per heavy atom. The van der Waals surface area contributed by atoms with Crippen molar-refractivity contribution in [1.82, 2.24) is 9.99 Å². The van der Waals surface area contributed by atoms with Crippen LogP contribution < -0.4 is 14.2 Å². The van der Waals surface area contributed by atoms with Gasteiger partial charge in [-0.3, -0.25) is 5.41 Å². The fraction of sp³-hybridized carbons (Fsp3) is 0.174. The van der Waals surface area contributed by atoms with Crippen LogP contribution in [0.25, 0.3) is 16.8 Å². The molecule has 0 atom stereocenters. The van der Waals surface area contributed by atoms with Gasteiger partial charge >= 0.3 is 0 Å². The molecule has 0 amide bonds. The van der Waals surface area contributed by atoms with Crippen LogP contribution in [0.4, 0.5) is 0 Å². The van der Waals surface area contributed by atoms with E-state index in [-0.39, 0.29) is 18.1 Å². The number of hydrogen-bond donors (Lipinski definition) is 2. The number of thiazole rings is 1. The summed E-state index contributed by atoms with van der Waals surface area (Å²) in [5, 5.41) is 27.4. The normalized spacial score (nSPS) is 13.8. The molecule has 3 aromatic rings. The summed E-state index contributed by atoms with van der Waals surface area (Å²) < 4.78 is 16.2. The fourth-order valence-corrected chi connectivity index (χ4v) is 4.27. The lowest BCUT2D eigenvalue weighted by Gasteiger charge is -2.15. The number of aliphatic hydroxyl groups is 1. The maximum Gasteiger partial charge on any atom is 0.203 e. The second-order valence-corrected chi connectivity index (χ2v) is 7.66. The van der Waals surface area contributed by atoms with Gasteiger partial charge in [0.1, 0.15) is 17.3 Å². The highest BCUT2D eigenvalue weighted by Crippen LogP contribution is 2.39. The highest BCUT2D eigenvalue weighted by Gasteiger charge is 2.30. The lowest BCUT2D eigenvalue weighted by molar-refractivity contribution is 0.324. The Balaban J connectivity index is 1.57. The molecule has 2 heterocycles. The summed E-state index contributed by atoms with van der Waals surface area (Å²) >= 11 is 1.38. The predicted molar refractivity (Wildman–Crippen MR) is 125 cm³/mol. The summed E-state index contributed by atoms with van der Waals surface area (Å²) in [7, 11) is 4.61. The number of ether oxygens (including phenoxy) is 3. The molecule has 164 valence electrons. The Labute approximate surface area is 189 Å². The molecule has 0 unspecified atom stereocenters. The molecule has 0 fully saturated rings. The van der Waals surface area contributed by atoms with E-state index in [1.807, 2.05) is 35.7 Å². The Morgan fingerprint density at radius 2 is 1.81 bits per heavy atom. The van der Waals surface area contributed by atoms with Crippen molar-refractivity contribution in [1.29, 1.82) is 5.41 Å². The van der Waals surface area contributed by atoms with Crippen molar-refractivity contribution in [3.05, 3.63) is 64.2 Å². The molecular weight excluding hydrogens is 428 g/mol. The molecule has 0 saturated carbocycles. The van der Waals surface area contributed by atoms with Crippen LogP contribution in [0.1, 0.15) is 10.6 Å². The number of nitrogens with zero attached hydrogens (tertiary/aromatic N) is 3. The smallest absolute Gasteiger partial charge is 0.203 e. The fourth-order valence-electron chi connectivity index (χ4n) is 3.38. The molecule has 0 aliphatic carbocycles. The number of amidine groups is 1. The predicted octanol–water partition coefficient (Wildman–Crippen LogP) is 4.43. The minimum atomic E-state index is 0.0559.